The van der Waals surface area contributed by atoms with E-state index in [4.69, 9.17) is 16.3 Å². The molecule has 0 aliphatic carbocycles. The van der Waals surface area contributed by atoms with Crippen LogP contribution >= 0.6 is 11.6 Å². The summed E-state index contributed by atoms with van der Waals surface area (Å²) in [6.45, 7) is 3.90. The summed E-state index contributed by atoms with van der Waals surface area (Å²) in [7, 11) is 0. The van der Waals surface area contributed by atoms with E-state index in [-0.39, 0.29) is 17.4 Å². The third kappa shape index (κ3) is 4.46. The highest BCUT2D eigenvalue weighted by atomic mass is 35.5. The summed E-state index contributed by atoms with van der Waals surface area (Å²) in [5, 5.41) is 2.44. The number of barbiturate groups is 1. The van der Waals surface area contributed by atoms with Gasteiger partial charge in [0.25, 0.3) is 11.8 Å². The molecule has 8 heteroatoms. The maximum absolute atomic E-state index is 13.2. The van der Waals surface area contributed by atoms with E-state index >= 15 is 0 Å². The number of rotatable bonds is 5. The SMILES string of the molecule is CC[C@@H](C)Oc1ccc(/C=C2/C(=O)NC(=O)N(c3ccc(F)cc3)C2=O)cc1Cl. The highest BCUT2D eigenvalue weighted by Crippen LogP contribution is 2.29. The number of ether oxygens (including phenoxy) is 1. The minimum absolute atomic E-state index is 0.0160. The number of benzene rings is 2. The van der Waals surface area contributed by atoms with Crippen LogP contribution in [-0.2, 0) is 9.59 Å². The molecule has 0 radical (unpaired) electrons. The van der Waals surface area contributed by atoms with Crippen molar-refractivity contribution >= 4 is 41.2 Å². The van der Waals surface area contributed by atoms with Crippen molar-refractivity contribution in [3.63, 3.8) is 0 Å². The van der Waals surface area contributed by atoms with E-state index in [1.165, 1.54) is 18.2 Å². The molecule has 1 saturated heterocycles. The zero-order valence-electron chi connectivity index (χ0n) is 15.7. The van der Waals surface area contributed by atoms with Gasteiger partial charge in [-0.05, 0) is 61.4 Å². The van der Waals surface area contributed by atoms with E-state index in [0.29, 0.717) is 16.3 Å². The Morgan fingerprint density at radius 3 is 2.48 bits per heavy atom. The first-order valence-electron chi connectivity index (χ1n) is 8.93. The maximum atomic E-state index is 13.2. The second kappa shape index (κ2) is 8.45. The summed E-state index contributed by atoms with van der Waals surface area (Å²) < 4.78 is 18.9. The van der Waals surface area contributed by atoms with Gasteiger partial charge in [-0.25, -0.2) is 14.1 Å². The zero-order valence-corrected chi connectivity index (χ0v) is 16.5. The van der Waals surface area contributed by atoms with Gasteiger partial charge in [-0.3, -0.25) is 14.9 Å². The van der Waals surface area contributed by atoms with Crippen LogP contribution in [0.25, 0.3) is 6.08 Å². The number of carbonyl (C=O) groups excluding carboxylic acids is 3. The van der Waals surface area contributed by atoms with Gasteiger partial charge in [0.05, 0.1) is 16.8 Å². The van der Waals surface area contributed by atoms with E-state index in [1.807, 2.05) is 13.8 Å². The van der Waals surface area contributed by atoms with Gasteiger partial charge in [-0.1, -0.05) is 24.6 Å². The van der Waals surface area contributed by atoms with Crippen LogP contribution in [0.3, 0.4) is 0 Å². The Morgan fingerprint density at radius 1 is 1.17 bits per heavy atom. The zero-order chi connectivity index (χ0) is 21.1. The van der Waals surface area contributed by atoms with Crippen LogP contribution in [0.4, 0.5) is 14.9 Å². The molecule has 0 saturated carbocycles. The van der Waals surface area contributed by atoms with Gasteiger partial charge in [-0.15, -0.1) is 0 Å². The molecule has 1 fully saturated rings. The lowest BCUT2D eigenvalue weighted by Crippen LogP contribution is -2.54. The Kier molecular flexibility index (Phi) is 5.98. The number of hydrogen-bond acceptors (Lipinski definition) is 4. The summed E-state index contributed by atoms with van der Waals surface area (Å²) in [4.78, 5) is 37.9. The number of hydrogen-bond donors (Lipinski definition) is 1. The predicted molar refractivity (Wildman–Crippen MR) is 107 cm³/mol. The monoisotopic (exact) mass is 416 g/mol. The Hall–Kier alpha value is -3.19. The Bertz CT molecular complexity index is 1000. The molecule has 3 rings (SSSR count). The second-order valence-electron chi connectivity index (χ2n) is 6.46. The fourth-order valence-electron chi connectivity index (χ4n) is 2.65. The number of nitrogens with zero attached hydrogens (tertiary/aromatic N) is 1. The minimum Gasteiger partial charge on any atom is -0.489 e. The lowest BCUT2D eigenvalue weighted by Gasteiger charge is -2.26. The average molecular weight is 417 g/mol. The highest BCUT2D eigenvalue weighted by Gasteiger charge is 2.36. The number of urea groups is 1. The van der Waals surface area contributed by atoms with Crippen molar-refractivity contribution in [3.05, 3.63) is 64.4 Å². The summed E-state index contributed by atoms with van der Waals surface area (Å²) in [5.74, 6) is -1.67. The Morgan fingerprint density at radius 2 is 1.86 bits per heavy atom. The molecule has 150 valence electrons. The maximum Gasteiger partial charge on any atom is 0.335 e. The summed E-state index contributed by atoms with van der Waals surface area (Å²) in [5.41, 5.74) is 0.377. The number of halogens is 2. The molecule has 2 aromatic carbocycles. The molecular formula is C21H18ClFN2O4. The van der Waals surface area contributed by atoms with E-state index in [2.05, 4.69) is 5.32 Å². The van der Waals surface area contributed by atoms with Crippen LogP contribution in [0.1, 0.15) is 25.8 Å². The number of amides is 4. The van der Waals surface area contributed by atoms with Crippen molar-refractivity contribution in [2.45, 2.75) is 26.4 Å². The molecule has 0 spiro atoms. The lowest BCUT2D eigenvalue weighted by atomic mass is 10.1. The summed E-state index contributed by atoms with van der Waals surface area (Å²) in [6.07, 6.45) is 2.13. The van der Waals surface area contributed by atoms with Crippen molar-refractivity contribution in [1.82, 2.24) is 5.32 Å². The lowest BCUT2D eigenvalue weighted by molar-refractivity contribution is -0.122. The molecule has 6 nitrogen and oxygen atoms in total. The standard InChI is InChI=1S/C21H18ClFN2O4/c1-3-12(2)29-18-9-4-13(11-17(18)22)10-16-19(26)24-21(28)25(20(16)27)15-7-5-14(23)6-8-15/h4-12H,3H2,1-2H3,(H,24,26,28)/b16-10-/t12-/m1/s1. The van der Waals surface area contributed by atoms with E-state index in [0.717, 1.165) is 23.5 Å². The van der Waals surface area contributed by atoms with Crippen LogP contribution in [0.2, 0.25) is 5.02 Å². The van der Waals surface area contributed by atoms with Crippen LogP contribution in [-0.4, -0.2) is 23.9 Å². The number of nitrogens with one attached hydrogen (secondary N) is 1. The summed E-state index contributed by atoms with van der Waals surface area (Å²) in [6, 6.07) is 8.74. The molecule has 1 aliphatic rings. The topological polar surface area (TPSA) is 75.7 Å². The van der Waals surface area contributed by atoms with Gasteiger partial charge in [-0.2, -0.15) is 0 Å². The quantitative estimate of drug-likeness (QED) is 0.581. The molecule has 0 aromatic heterocycles. The van der Waals surface area contributed by atoms with Crippen LogP contribution < -0.4 is 15.0 Å². The van der Waals surface area contributed by atoms with Crippen LogP contribution in [0, 0.1) is 5.82 Å². The average Bonchev–Trinajstić information content (AvgIpc) is 2.68. The Labute approximate surface area is 171 Å². The van der Waals surface area contributed by atoms with Crippen molar-refractivity contribution in [3.8, 4) is 5.75 Å². The molecular weight excluding hydrogens is 399 g/mol. The molecule has 0 bridgehead atoms. The molecule has 1 heterocycles. The molecule has 1 aliphatic heterocycles. The third-order valence-electron chi connectivity index (χ3n) is 4.36. The van der Waals surface area contributed by atoms with Crippen molar-refractivity contribution in [2.24, 2.45) is 0 Å². The van der Waals surface area contributed by atoms with Gasteiger partial charge < -0.3 is 4.74 Å². The van der Waals surface area contributed by atoms with E-state index < -0.39 is 23.7 Å². The van der Waals surface area contributed by atoms with Crippen molar-refractivity contribution in [2.75, 3.05) is 4.90 Å². The minimum atomic E-state index is -0.904. The molecule has 0 unspecified atom stereocenters. The van der Waals surface area contributed by atoms with Crippen molar-refractivity contribution in [1.29, 1.82) is 0 Å². The van der Waals surface area contributed by atoms with Gasteiger partial charge in [0, 0.05) is 0 Å². The molecule has 2 aromatic rings. The Balaban J connectivity index is 1.92. The van der Waals surface area contributed by atoms with Crippen LogP contribution in [0.5, 0.6) is 5.75 Å². The van der Waals surface area contributed by atoms with Crippen molar-refractivity contribution < 1.29 is 23.5 Å². The van der Waals surface area contributed by atoms with Gasteiger partial charge in [0.15, 0.2) is 0 Å². The molecule has 1 atom stereocenters. The number of carbonyl (C=O) groups is 3. The molecule has 4 amide bonds. The van der Waals surface area contributed by atoms with Gasteiger partial charge >= 0.3 is 6.03 Å². The summed E-state index contributed by atoms with van der Waals surface area (Å²) >= 11 is 6.24. The van der Waals surface area contributed by atoms with Crippen LogP contribution in [0.15, 0.2) is 48.0 Å². The first kappa shape index (κ1) is 20.5. The van der Waals surface area contributed by atoms with Gasteiger partial charge in [0.1, 0.15) is 17.1 Å². The number of anilines is 1. The first-order chi connectivity index (χ1) is 13.8. The normalized spacial score (nSPS) is 16.8. The largest absolute Gasteiger partial charge is 0.489 e. The fourth-order valence-corrected chi connectivity index (χ4v) is 2.88. The molecule has 1 N–H and O–H groups in total. The number of imide groups is 2. The third-order valence-corrected chi connectivity index (χ3v) is 4.65. The smallest absolute Gasteiger partial charge is 0.335 e. The molecule has 29 heavy (non-hydrogen) atoms. The first-order valence-corrected chi connectivity index (χ1v) is 9.31. The predicted octanol–water partition coefficient (Wildman–Crippen LogP) is 4.32. The highest BCUT2D eigenvalue weighted by molar-refractivity contribution is 6.39. The fraction of sp³-hybridized carbons (Fsp3) is 0.190. The second-order valence-corrected chi connectivity index (χ2v) is 6.87. The van der Waals surface area contributed by atoms with E-state index in [9.17, 15) is 18.8 Å². The van der Waals surface area contributed by atoms with E-state index in [1.54, 1.807) is 18.2 Å². The van der Waals surface area contributed by atoms with Gasteiger partial charge in [0.2, 0.25) is 0 Å².